The molecule has 0 saturated carbocycles. The number of hydrogen-bond donors (Lipinski definition) is 2. The zero-order valence-electron chi connectivity index (χ0n) is 7.87. The normalized spacial score (nSPS) is 8.93. The molecule has 0 fully saturated rings. The van der Waals surface area contributed by atoms with Crippen LogP contribution in [0.4, 0.5) is 5.69 Å². The van der Waals surface area contributed by atoms with Crippen LogP contribution in [0.5, 0.6) is 0 Å². The van der Waals surface area contributed by atoms with Crippen molar-refractivity contribution in [3.63, 3.8) is 0 Å². The van der Waals surface area contributed by atoms with Crippen molar-refractivity contribution in [2.24, 2.45) is 5.73 Å². The number of anilines is 1. The van der Waals surface area contributed by atoms with Crippen molar-refractivity contribution in [1.82, 2.24) is 4.98 Å². The van der Waals surface area contributed by atoms with Crippen molar-refractivity contribution in [3.05, 3.63) is 23.5 Å². The van der Waals surface area contributed by atoms with Gasteiger partial charge in [-0.15, -0.1) is 0 Å². The third kappa shape index (κ3) is 2.79. The largest absolute Gasteiger partial charge is 0.397 e. The number of nitrogen functional groups attached to an aromatic ring is 1. The summed E-state index contributed by atoms with van der Waals surface area (Å²) in [5.74, 6) is 5.00. The van der Waals surface area contributed by atoms with Crippen molar-refractivity contribution in [2.75, 3.05) is 5.73 Å². The second kappa shape index (κ2) is 4.28. The molecule has 72 valence electrons. The number of nitrogens with two attached hydrogens (primary N) is 2. The first-order valence-corrected chi connectivity index (χ1v) is 4.09. The first-order chi connectivity index (χ1) is 6.59. The smallest absolute Gasteiger partial charge is 0.229 e. The first kappa shape index (κ1) is 10.1. The van der Waals surface area contributed by atoms with Gasteiger partial charge < -0.3 is 11.5 Å². The van der Waals surface area contributed by atoms with E-state index in [4.69, 9.17) is 11.5 Å². The molecule has 0 aliphatic carbocycles. The molecule has 1 aromatic heterocycles. The maximum absolute atomic E-state index is 10.4. The van der Waals surface area contributed by atoms with Gasteiger partial charge in [-0.3, -0.25) is 9.78 Å². The number of rotatable bonds is 1. The Hall–Kier alpha value is -2.02. The number of aromatic nitrogens is 1. The maximum atomic E-state index is 10.4. The van der Waals surface area contributed by atoms with E-state index >= 15 is 0 Å². The molecule has 4 heteroatoms. The lowest BCUT2D eigenvalue weighted by atomic mass is 10.2. The lowest BCUT2D eigenvalue weighted by molar-refractivity contribution is -0.117. The molecule has 1 amide bonds. The minimum Gasteiger partial charge on any atom is -0.397 e. The van der Waals surface area contributed by atoms with Crippen molar-refractivity contribution >= 4 is 11.6 Å². The topological polar surface area (TPSA) is 82.0 Å². The summed E-state index contributed by atoms with van der Waals surface area (Å²) >= 11 is 0. The summed E-state index contributed by atoms with van der Waals surface area (Å²) < 4.78 is 0. The SMILES string of the molecule is Cc1ncc(N)cc1C#CCC(N)=O. The number of aryl methyl sites for hydroxylation is 1. The second-order valence-electron chi connectivity index (χ2n) is 2.85. The van der Waals surface area contributed by atoms with Crippen molar-refractivity contribution < 1.29 is 4.79 Å². The summed E-state index contributed by atoms with van der Waals surface area (Å²) in [4.78, 5) is 14.5. The van der Waals surface area contributed by atoms with E-state index in [0.29, 0.717) is 5.69 Å². The fourth-order valence-corrected chi connectivity index (χ4v) is 0.902. The molecule has 1 rings (SSSR count). The molecule has 4 N–H and O–H groups in total. The Bertz CT molecular complexity index is 415. The lowest BCUT2D eigenvalue weighted by Gasteiger charge is -1.97. The first-order valence-electron chi connectivity index (χ1n) is 4.09. The lowest BCUT2D eigenvalue weighted by Crippen LogP contribution is -2.08. The molecule has 0 spiro atoms. The molecule has 0 aliphatic rings. The molecule has 0 aromatic carbocycles. The number of carbonyl (C=O) groups is 1. The van der Waals surface area contributed by atoms with Crippen LogP contribution in [0.3, 0.4) is 0 Å². The highest BCUT2D eigenvalue weighted by molar-refractivity contribution is 5.76. The third-order valence-electron chi connectivity index (χ3n) is 1.59. The quantitative estimate of drug-likeness (QED) is 0.619. The molecule has 1 aromatic rings. The number of primary amides is 1. The average Bonchev–Trinajstić information content (AvgIpc) is 2.10. The number of carbonyl (C=O) groups excluding carboxylic acids is 1. The van der Waals surface area contributed by atoms with Crippen LogP contribution in [0.2, 0.25) is 0 Å². The maximum Gasteiger partial charge on any atom is 0.229 e. The molecule has 0 atom stereocenters. The fraction of sp³-hybridized carbons (Fsp3) is 0.200. The highest BCUT2D eigenvalue weighted by Gasteiger charge is 1.96. The summed E-state index contributed by atoms with van der Waals surface area (Å²) in [5, 5.41) is 0. The van der Waals surface area contributed by atoms with E-state index in [-0.39, 0.29) is 6.42 Å². The van der Waals surface area contributed by atoms with Gasteiger partial charge in [-0.25, -0.2) is 0 Å². The van der Waals surface area contributed by atoms with Gasteiger partial charge in [0.05, 0.1) is 24.0 Å². The van der Waals surface area contributed by atoms with Crippen LogP contribution in [-0.2, 0) is 4.79 Å². The average molecular weight is 189 g/mol. The Labute approximate surface area is 82.3 Å². The number of amides is 1. The molecule has 0 bridgehead atoms. The van der Waals surface area contributed by atoms with Crippen molar-refractivity contribution in [3.8, 4) is 11.8 Å². The Morgan fingerprint density at radius 1 is 1.64 bits per heavy atom. The molecular weight excluding hydrogens is 178 g/mol. The highest BCUT2D eigenvalue weighted by atomic mass is 16.1. The Morgan fingerprint density at radius 2 is 2.36 bits per heavy atom. The number of hydrogen-bond acceptors (Lipinski definition) is 3. The van der Waals surface area contributed by atoms with Gasteiger partial charge in [0.1, 0.15) is 0 Å². The van der Waals surface area contributed by atoms with Gasteiger partial charge in [0.2, 0.25) is 5.91 Å². The number of pyridine rings is 1. The van der Waals surface area contributed by atoms with Crippen LogP contribution in [0, 0.1) is 18.8 Å². The minimum atomic E-state index is -0.438. The van der Waals surface area contributed by atoms with E-state index < -0.39 is 5.91 Å². The predicted octanol–water partition coefficient (Wildman–Crippen LogP) is 0.199. The van der Waals surface area contributed by atoms with Crippen LogP contribution in [0.15, 0.2) is 12.3 Å². The summed E-state index contributed by atoms with van der Waals surface area (Å²) in [6.45, 7) is 1.83. The zero-order valence-corrected chi connectivity index (χ0v) is 7.87. The summed E-state index contributed by atoms with van der Waals surface area (Å²) in [7, 11) is 0. The highest BCUT2D eigenvalue weighted by Crippen LogP contribution is 2.07. The summed E-state index contributed by atoms with van der Waals surface area (Å²) in [6, 6.07) is 1.72. The van der Waals surface area contributed by atoms with Gasteiger partial charge in [-0.1, -0.05) is 11.8 Å². The number of nitrogens with zero attached hydrogens (tertiary/aromatic N) is 1. The standard InChI is InChI=1S/C10H11N3O/c1-7-8(3-2-4-10(12)14)5-9(11)6-13-7/h5-6H,4,11H2,1H3,(H2,12,14). The Balaban J connectivity index is 2.88. The van der Waals surface area contributed by atoms with Gasteiger partial charge in [0, 0.05) is 5.56 Å². The van der Waals surface area contributed by atoms with Crippen LogP contribution >= 0.6 is 0 Å². The molecule has 0 aliphatic heterocycles. The molecule has 0 saturated heterocycles. The molecule has 1 heterocycles. The van der Waals surface area contributed by atoms with Gasteiger partial charge in [0.25, 0.3) is 0 Å². The van der Waals surface area contributed by atoms with E-state index in [1.807, 2.05) is 6.92 Å². The van der Waals surface area contributed by atoms with E-state index in [2.05, 4.69) is 16.8 Å². The van der Waals surface area contributed by atoms with Crippen LogP contribution in [-0.4, -0.2) is 10.9 Å². The van der Waals surface area contributed by atoms with Crippen LogP contribution in [0.1, 0.15) is 17.7 Å². The Morgan fingerprint density at radius 3 is 3.00 bits per heavy atom. The van der Waals surface area contributed by atoms with Crippen LogP contribution < -0.4 is 11.5 Å². The summed E-state index contributed by atoms with van der Waals surface area (Å²) in [5.41, 5.74) is 12.6. The van der Waals surface area contributed by atoms with Gasteiger partial charge in [-0.2, -0.15) is 0 Å². The molecule has 14 heavy (non-hydrogen) atoms. The van der Waals surface area contributed by atoms with Gasteiger partial charge in [0.15, 0.2) is 0 Å². The molecular formula is C10H11N3O. The van der Waals surface area contributed by atoms with E-state index in [9.17, 15) is 4.79 Å². The Kier molecular flexibility index (Phi) is 3.08. The minimum absolute atomic E-state index is 0.0498. The van der Waals surface area contributed by atoms with E-state index in [1.165, 1.54) is 0 Å². The van der Waals surface area contributed by atoms with Gasteiger partial charge in [-0.05, 0) is 13.0 Å². The molecule has 0 radical (unpaired) electrons. The van der Waals surface area contributed by atoms with E-state index in [0.717, 1.165) is 11.3 Å². The summed E-state index contributed by atoms with van der Waals surface area (Å²) in [6.07, 6.45) is 1.61. The van der Waals surface area contributed by atoms with Gasteiger partial charge >= 0.3 is 0 Å². The molecule has 4 nitrogen and oxygen atoms in total. The van der Waals surface area contributed by atoms with Crippen LogP contribution in [0.25, 0.3) is 0 Å². The fourth-order valence-electron chi connectivity index (χ4n) is 0.902. The monoisotopic (exact) mass is 189 g/mol. The predicted molar refractivity (Wildman–Crippen MR) is 54.1 cm³/mol. The zero-order chi connectivity index (χ0) is 10.6. The van der Waals surface area contributed by atoms with E-state index in [1.54, 1.807) is 12.3 Å². The second-order valence-corrected chi connectivity index (χ2v) is 2.85. The van der Waals surface area contributed by atoms with Crippen molar-refractivity contribution in [2.45, 2.75) is 13.3 Å². The van der Waals surface area contributed by atoms with Crippen molar-refractivity contribution in [1.29, 1.82) is 0 Å². The molecule has 0 unspecified atom stereocenters. The third-order valence-corrected chi connectivity index (χ3v) is 1.59.